The van der Waals surface area contributed by atoms with Gasteiger partial charge >= 0.3 is 0 Å². The van der Waals surface area contributed by atoms with E-state index in [4.69, 9.17) is 10.5 Å². The van der Waals surface area contributed by atoms with Gasteiger partial charge in [0.05, 0.1) is 6.04 Å². The predicted molar refractivity (Wildman–Crippen MR) is 77.6 cm³/mol. The fraction of sp³-hybridized carbons (Fsp3) is 0.562. The van der Waals surface area contributed by atoms with Gasteiger partial charge in [0, 0.05) is 12.5 Å². The summed E-state index contributed by atoms with van der Waals surface area (Å²) in [4.78, 5) is 11.8. The van der Waals surface area contributed by atoms with E-state index in [9.17, 15) is 4.79 Å². The molecule has 4 heteroatoms. The highest BCUT2D eigenvalue weighted by Gasteiger charge is 2.44. The van der Waals surface area contributed by atoms with Gasteiger partial charge in [-0.2, -0.15) is 0 Å². The number of rotatable bonds is 2. The summed E-state index contributed by atoms with van der Waals surface area (Å²) >= 11 is 0. The average molecular weight is 274 g/mol. The van der Waals surface area contributed by atoms with E-state index >= 15 is 0 Å². The summed E-state index contributed by atoms with van der Waals surface area (Å²) in [5, 5.41) is 3.06. The van der Waals surface area contributed by atoms with Crippen LogP contribution in [0, 0.1) is 0 Å². The molecule has 1 aromatic rings. The minimum atomic E-state index is -0.460. The monoisotopic (exact) mass is 274 g/mol. The number of nitrogens with two attached hydrogens (primary N) is 1. The molecular weight excluding hydrogens is 252 g/mol. The van der Waals surface area contributed by atoms with E-state index in [0.29, 0.717) is 5.92 Å². The Labute approximate surface area is 119 Å². The van der Waals surface area contributed by atoms with Crippen LogP contribution in [0.15, 0.2) is 24.3 Å². The molecule has 108 valence electrons. The number of nitrogens with one attached hydrogen (secondary N) is 1. The third-order valence-electron chi connectivity index (χ3n) is 4.40. The fourth-order valence-corrected chi connectivity index (χ4v) is 3.57. The standard InChI is InChI=1S/C16H22N2O2/c1-10(17)15(19)18-12-7-11-8-16(2,9-12)20-14-6-4-3-5-13(11)14/h3-6,10-12H,7-9,17H2,1-2H3,(H,18,19)/t10?,11?,12-,16?/m0/s1. The first-order chi connectivity index (χ1) is 9.47. The zero-order valence-corrected chi connectivity index (χ0v) is 12.1. The third kappa shape index (κ3) is 2.40. The van der Waals surface area contributed by atoms with E-state index in [1.165, 1.54) is 5.56 Å². The van der Waals surface area contributed by atoms with Crippen molar-refractivity contribution in [2.45, 2.75) is 56.7 Å². The largest absolute Gasteiger partial charge is 0.487 e. The Morgan fingerprint density at radius 3 is 2.95 bits per heavy atom. The molecule has 3 N–H and O–H groups in total. The molecule has 1 aliphatic heterocycles. The average Bonchev–Trinajstić information content (AvgIpc) is 2.37. The summed E-state index contributed by atoms with van der Waals surface area (Å²) in [6.07, 6.45) is 2.83. The normalized spacial score (nSPS) is 32.8. The van der Waals surface area contributed by atoms with Crippen molar-refractivity contribution in [3.05, 3.63) is 29.8 Å². The van der Waals surface area contributed by atoms with E-state index in [2.05, 4.69) is 24.4 Å². The van der Waals surface area contributed by atoms with Gasteiger partial charge in [0.2, 0.25) is 5.91 Å². The maximum absolute atomic E-state index is 11.8. The Morgan fingerprint density at radius 1 is 1.45 bits per heavy atom. The van der Waals surface area contributed by atoms with Crippen molar-refractivity contribution in [3.63, 3.8) is 0 Å². The lowest BCUT2D eigenvalue weighted by Crippen LogP contribution is -2.53. The maximum Gasteiger partial charge on any atom is 0.236 e. The molecule has 2 aliphatic rings. The molecule has 0 radical (unpaired) electrons. The van der Waals surface area contributed by atoms with E-state index in [1.54, 1.807) is 6.92 Å². The Hall–Kier alpha value is -1.55. The van der Waals surface area contributed by atoms with Gasteiger partial charge < -0.3 is 15.8 Å². The van der Waals surface area contributed by atoms with Crippen molar-refractivity contribution in [2.75, 3.05) is 0 Å². The van der Waals surface area contributed by atoms with Gasteiger partial charge in [-0.15, -0.1) is 0 Å². The van der Waals surface area contributed by atoms with E-state index in [0.717, 1.165) is 25.0 Å². The third-order valence-corrected chi connectivity index (χ3v) is 4.40. The first-order valence-corrected chi connectivity index (χ1v) is 7.31. The number of fused-ring (bicyclic) bond motifs is 4. The molecule has 4 nitrogen and oxygen atoms in total. The lowest BCUT2D eigenvalue weighted by molar-refractivity contribution is -0.123. The van der Waals surface area contributed by atoms with Crippen LogP contribution in [0.5, 0.6) is 5.75 Å². The van der Waals surface area contributed by atoms with Gasteiger partial charge in [-0.25, -0.2) is 0 Å². The Kier molecular flexibility index (Phi) is 3.21. The lowest BCUT2D eigenvalue weighted by atomic mass is 9.71. The summed E-state index contributed by atoms with van der Waals surface area (Å²) in [6.45, 7) is 3.85. The van der Waals surface area contributed by atoms with E-state index in [1.807, 2.05) is 12.1 Å². The molecule has 0 saturated heterocycles. The predicted octanol–water partition coefficient (Wildman–Crippen LogP) is 1.94. The van der Waals surface area contributed by atoms with Crippen LogP contribution in [0.4, 0.5) is 0 Å². The van der Waals surface area contributed by atoms with Crippen LogP contribution in [0.3, 0.4) is 0 Å². The smallest absolute Gasteiger partial charge is 0.236 e. The van der Waals surface area contributed by atoms with Crippen molar-refractivity contribution >= 4 is 5.91 Å². The summed E-state index contributed by atoms with van der Waals surface area (Å²) in [7, 11) is 0. The Bertz CT molecular complexity index is 529. The minimum Gasteiger partial charge on any atom is -0.487 e. The first-order valence-electron chi connectivity index (χ1n) is 7.31. The van der Waals surface area contributed by atoms with Crippen LogP contribution in [-0.4, -0.2) is 23.6 Å². The highest BCUT2D eigenvalue weighted by atomic mass is 16.5. The second-order valence-corrected chi connectivity index (χ2v) is 6.42. The lowest BCUT2D eigenvalue weighted by Gasteiger charge is -2.47. The van der Waals surface area contributed by atoms with Gasteiger partial charge in [0.15, 0.2) is 0 Å². The number of carbonyl (C=O) groups excluding carboxylic acids is 1. The molecule has 2 bridgehead atoms. The van der Waals surface area contributed by atoms with Gasteiger partial charge in [-0.3, -0.25) is 4.79 Å². The molecule has 0 spiro atoms. The molecular formula is C16H22N2O2. The first kappa shape index (κ1) is 13.4. The number of amides is 1. The summed E-state index contributed by atoms with van der Waals surface area (Å²) in [5.74, 6) is 1.38. The number of para-hydroxylation sites is 1. The van der Waals surface area contributed by atoms with Crippen LogP contribution in [0.25, 0.3) is 0 Å². The molecule has 1 saturated carbocycles. The van der Waals surface area contributed by atoms with Gasteiger partial charge in [0.25, 0.3) is 0 Å². The highest BCUT2D eigenvalue weighted by Crippen LogP contribution is 2.48. The van der Waals surface area contributed by atoms with Crippen LogP contribution >= 0.6 is 0 Å². The summed E-state index contributed by atoms with van der Waals surface area (Å²) in [6, 6.07) is 7.92. The van der Waals surface area contributed by atoms with Crippen LogP contribution in [-0.2, 0) is 4.79 Å². The second kappa shape index (κ2) is 4.77. The molecule has 1 fully saturated rings. The maximum atomic E-state index is 11.8. The quantitative estimate of drug-likeness (QED) is 0.866. The van der Waals surface area contributed by atoms with E-state index in [-0.39, 0.29) is 17.6 Å². The fourth-order valence-electron chi connectivity index (χ4n) is 3.57. The van der Waals surface area contributed by atoms with E-state index < -0.39 is 6.04 Å². The zero-order valence-electron chi connectivity index (χ0n) is 12.1. The molecule has 1 amide bonds. The number of ether oxygens (including phenoxy) is 1. The molecule has 3 unspecified atom stereocenters. The number of hydrogen-bond donors (Lipinski definition) is 2. The Morgan fingerprint density at radius 2 is 2.20 bits per heavy atom. The molecule has 20 heavy (non-hydrogen) atoms. The molecule has 3 rings (SSSR count). The topological polar surface area (TPSA) is 64.4 Å². The number of benzene rings is 1. The van der Waals surface area contributed by atoms with Crippen LogP contribution in [0.2, 0.25) is 0 Å². The molecule has 0 aromatic heterocycles. The molecule has 1 aromatic carbocycles. The zero-order chi connectivity index (χ0) is 14.3. The summed E-state index contributed by atoms with van der Waals surface area (Å²) < 4.78 is 6.18. The van der Waals surface area contributed by atoms with Crippen molar-refractivity contribution in [1.29, 1.82) is 0 Å². The second-order valence-electron chi connectivity index (χ2n) is 6.42. The summed E-state index contributed by atoms with van der Waals surface area (Å²) in [5.41, 5.74) is 6.72. The molecule has 1 aliphatic carbocycles. The van der Waals surface area contributed by atoms with Crippen molar-refractivity contribution in [2.24, 2.45) is 5.73 Å². The molecule has 4 atom stereocenters. The van der Waals surface area contributed by atoms with Gasteiger partial charge in [-0.05, 0) is 44.2 Å². The van der Waals surface area contributed by atoms with Crippen molar-refractivity contribution in [1.82, 2.24) is 5.32 Å². The number of hydrogen-bond acceptors (Lipinski definition) is 3. The van der Waals surface area contributed by atoms with Crippen molar-refractivity contribution < 1.29 is 9.53 Å². The highest BCUT2D eigenvalue weighted by molar-refractivity contribution is 5.81. The molecule has 1 heterocycles. The van der Waals surface area contributed by atoms with Gasteiger partial charge in [0.1, 0.15) is 11.4 Å². The number of carbonyl (C=O) groups is 1. The minimum absolute atomic E-state index is 0.0770. The van der Waals surface area contributed by atoms with Crippen LogP contribution < -0.4 is 15.8 Å². The SMILES string of the molecule is CC(N)C(=O)N[C@H]1CC2CC(C)(C1)Oc1ccccc12. The van der Waals surface area contributed by atoms with Crippen LogP contribution in [0.1, 0.15) is 44.6 Å². The Balaban J connectivity index is 1.82. The van der Waals surface area contributed by atoms with Crippen molar-refractivity contribution in [3.8, 4) is 5.75 Å². The van der Waals surface area contributed by atoms with Gasteiger partial charge in [-0.1, -0.05) is 18.2 Å².